The molecule has 0 saturated carbocycles. The van der Waals surface area contributed by atoms with E-state index in [1.54, 1.807) is 12.1 Å². The van der Waals surface area contributed by atoms with Crippen molar-refractivity contribution in [2.75, 3.05) is 11.9 Å². The second-order valence-corrected chi connectivity index (χ2v) is 8.69. The molecule has 0 radical (unpaired) electrons. The third-order valence-corrected chi connectivity index (χ3v) is 4.78. The van der Waals surface area contributed by atoms with Crippen LogP contribution in [0.1, 0.15) is 36.7 Å². The Morgan fingerprint density at radius 1 is 1.04 bits per heavy atom. The molecule has 0 heterocycles. The number of benzene rings is 2. The van der Waals surface area contributed by atoms with Gasteiger partial charge in [-0.2, -0.15) is 0 Å². The van der Waals surface area contributed by atoms with Gasteiger partial charge in [0.05, 0.1) is 11.4 Å². The van der Waals surface area contributed by atoms with Crippen LogP contribution in [0.2, 0.25) is 0 Å². The Labute approximate surface area is 159 Å². The normalized spacial score (nSPS) is 11.7. The molecule has 8 heteroatoms. The van der Waals surface area contributed by atoms with Crippen LogP contribution in [0.25, 0.3) is 0 Å². The molecule has 0 bridgehead atoms. The molecule has 2 aromatic rings. The molecule has 0 saturated heterocycles. The van der Waals surface area contributed by atoms with E-state index in [2.05, 4.69) is 31.4 Å². The highest BCUT2D eigenvalue weighted by atomic mass is 32.2. The summed E-state index contributed by atoms with van der Waals surface area (Å²) in [5.41, 5.74) is 1.81. The predicted molar refractivity (Wildman–Crippen MR) is 104 cm³/mol. The number of primary sulfonamides is 1. The van der Waals surface area contributed by atoms with Crippen LogP contribution in [0.3, 0.4) is 0 Å². The lowest BCUT2D eigenvalue weighted by molar-refractivity contribution is -0.115. The Bertz CT molecular complexity index is 946. The van der Waals surface area contributed by atoms with Crippen LogP contribution in [-0.4, -0.2) is 26.8 Å². The van der Waals surface area contributed by atoms with Gasteiger partial charge in [0.25, 0.3) is 5.91 Å². The lowest BCUT2D eigenvalue weighted by atomic mass is 9.87. The summed E-state index contributed by atoms with van der Waals surface area (Å²) in [6.07, 6.45) is 0. The Morgan fingerprint density at radius 2 is 1.67 bits per heavy atom. The molecule has 7 nitrogen and oxygen atoms in total. The minimum Gasteiger partial charge on any atom is -0.343 e. The standard InChI is InChI=1S/C19H23N3O4S/c1-19(2,3)14-9-7-13(8-10-14)18(24)21-12-17(23)22-15-5-4-6-16(11-15)27(20,25)26/h4-11H,12H2,1-3H3,(H,21,24)(H,22,23)(H2,20,25,26). The number of nitrogens with two attached hydrogens (primary N) is 1. The fourth-order valence-corrected chi connectivity index (χ4v) is 2.90. The van der Waals surface area contributed by atoms with Crippen molar-refractivity contribution in [3.8, 4) is 0 Å². The molecule has 4 N–H and O–H groups in total. The van der Waals surface area contributed by atoms with Crippen molar-refractivity contribution in [1.82, 2.24) is 5.32 Å². The van der Waals surface area contributed by atoms with Crippen LogP contribution in [-0.2, 0) is 20.2 Å². The second-order valence-electron chi connectivity index (χ2n) is 7.13. The number of nitrogens with one attached hydrogen (secondary N) is 2. The van der Waals surface area contributed by atoms with Crippen molar-refractivity contribution >= 4 is 27.5 Å². The van der Waals surface area contributed by atoms with Gasteiger partial charge in [0.15, 0.2) is 0 Å². The number of anilines is 1. The predicted octanol–water partition coefficient (Wildman–Crippen LogP) is 2.00. The molecule has 2 rings (SSSR count). The smallest absolute Gasteiger partial charge is 0.251 e. The number of carbonyl (C=O) groups is 2. The van der Waals surface area contributed by atoms with E-state index in [0.717, 1.165) is 5.56 Å². The van der Waals surface area contributed by atoms with E-state index in [4.69, 9.17) is 5.14 Å². The molecule has 0 aromatic heterocycles. The Hall–Kier alpha value is -2.71. The van der Waals surface area contributed by atoms with Crippen LogP contribution < -0.4 is 15.8 Å². The first-order chi connectivity index (χ1) is 12.5. The minimum absolute atomic E-state index is 0.0135. The van der Waals surface area contributed by atoms with E-state index in [-0.39, 0.29) is 28.4 Å². The fraction of sp³-hybridized carbons (Fsp3) is 0.263. The molecule has 0 atom stereocenters. The Balaban J connectivity index is 1.95. The number of amides is 2. The van der Waals surface area contributed by atoms with E-state index >= 15 is 0 Å². The van der Waals surface area contributed by atoms with Gasteiger partial charge in [-0.15, -0.1) is 0 Å². The molecular weight excluding hydrogens is 366 g/mol. The SMILES string of the molecule is CC(C)(C)c1ccc(C(=O)NCC(=O)Nc2cccc(S(N)(=O)=O)c2)cc1. The van der Waals surface area contributed by atoms with Crippen molar-refractivity contribution < 1.29 is 18.0 Å². The van der Waals surface area contributed by atoms with E-state index in [1.807, 2.05) is 12.1 Å². The van der Waals surface area contributed by atoms with Crippen molar-refractivity contribution in [3.05, 3.63) is 59.7 Å². The maximum Gasteiger partial charge on any atom is 0.251 e. The first-order valence-electron chi connectivity index (χ1n) is 8.28. The number of hydrogen-bond acceptors (Lipinski definition) is 4. The number of carbonyl (C=O) groups excluding carboxylic acids is 2. The van der Waals surface area contributed by atoms with Crippen LogP contribution in [0, 0.1) is 0 Å². The molecule has 0 unspecified atom stereocenters. The highest BCUT2D eigenvalue weighted by Crippen LogP contribution is 2.22. The van der Waals surface area contributed by atoms with Gasteiger partial charge in [0.2, 0.25) is 15.9 Å². The summed E-state index contributed by atoms with van der Waals surface area (Å²) in [5, 5.41) is 10.1. The van der Waals surface area contributed by atoms with E-state index in [9.17, 15) is 18.0 Å². The monoisotopic (exact) mass is 389 g/mol. The van der Waals surface area contributed by atoms with E-state index < -0.39 is 15.9 Å². The lowest BCUT2D eigenvalue weighted by Gasteiger charge is -2.19. The van der Waals surface area contributed by atoms with Gasteiger partial charge in [0.1, 0.15) is 0 Å². The first kappa shape index (κ1) is 20.6. The largest absolute Gasteiger partial charge is 0.343 e. The van der Waals surface area contributed by atoms with Crippen LogP contribution in [0.5, 0.6) is 0 Å². The van der Waals surface area contributed by atoms with Crippen LogP contribution in [0.15, 0.2) is 53.4 Å². The van der Waals surface area contributed by atoms with Gasteiger partial charge in [0, 0.05) is 11.3 Å². The summed E-state index contributed by atoms with van der Waals surface area (Å²) in [7, 11) is -3.86. The zero-order valence-corrected chi connectivity index (χ0v) is 16.3. The third kappa shape index (κ3) is 5.90. The summed E-state index contributed by atoms with van der Waals surface area (Å²) < 4.78 is 22.7. The van der Waals surface area contributed by atoms with Gasteiger partial charge < -0.3 is 10.6 Å². The topological polar surface area (TPSA) is 118 Å². The van der Waals surface area contributed by atoms with Gasteiger partial charge in [-0.25, -0.2) is 13.6 Å². The average Bonchev–Trinajstić information content (AvgIpc) is 2.58. The summed E-state index contributed by atoms with van der Waals surface area (Å²) in [6, 6.07) is 12.8. The van der Waals surface area contributed by atoms with E-state index in [1.165, 1.54) is 24.3 Å². The molecule has 27 heavy (non-hydrogen) atoms. The van der Waals surface area contributed by atoms with Crippen molar-refractivity contribution in [2.24, 2.45) is 5.14 Å². The summed E-state index contributed by atoms with van der Waals surface area (Å²) in [4.78, 5) is 24.0. The number of sulfonamides is 1. The molecule has 0 aliphatic rings. The average molecular weight is 389 g/mol. The van der Waals surface area contributed by atoms with Crippen LogP contribution in [0.4, 0.5) is 5.69 Å². The van der Waals surface area contributed by atoms with Gasteiger partial charge in [-0.05, 0) is 41.3 Å². The van der Waals surface area contributed by atoms with Crippen molar-refractivity contribution in [3.63, 3.8) is 0 Å². The highest BCUT2D eigenvalue weighted by molar-refractivity contribution is 7.89. The maximum atomic E-state index is 12.2. The lowest BCUT2D eigenvalue weighted by Crippen LogP contribution is -2.32. The molecule has 0 fully saturated rings. The zero-order chi connectivity index (χ0) is 20.2. The fourth-order valence-electron chi connectivity index (χ4n) is 2.34. The molecule has 0 spiro atoms. The van der Waals surface area contributed by atoms with E-state index in [0.29, 0.717) is 5.56 Å². The quantitative estimate of drug-likeness (QED) is 0.725. The second kappa shape index (κ2) is 7.89. The Kier molecular flexibility index (Phi) is 6.02. The number of hydrogen-bond donors (Lipinski definition) is 3. The molecule has 2 aromatic carbocycles. The van der Waals surface area contributed by atoms with Crippen molar-refractivity contribution in [1.29, 1.82) is 0 Å². The molecular formula is C19H23N3O4S. The molecule has 0 aliphatic carbocycles. The van der Waals surface area contributed by atoms with Gasteiger partial charge in [-0.3, -0.25) is 9.59 Å². The number of rotatable bonds is 5. The molecule has 2 amide bonds. The first-order valence-corrected chi connectivity index (χ1v) is 9.83. The summed E-state index contributed by atoms with van der Waals surface area (Å²) >= 11 is 0. The Morgan fingerprint density at radius 3 is 2.22 bits per heavy atom. The molecule has 0 aliphatic heterocycles. The van der Waals surface area contributed by atoms with Gasteiger partial charge in [-0.1, -0.05) is 39.0 Å². The zero-order valence-electron chi connectivity index (χ0n) is 15.4. The third-order valence-electron chi connectivity index (χ3n) is 3.87. The summed E-state index contributed by atoms with van der Waals surface area (Å²) in [5.74, 6) is -0.856. The maximum absolute atomic E-state index is 12.2. The highest BCUT2D eigenvalue weighted by Gasteiger charge is 2.15. The summed E-state index contributed by atoms with van der Waals surface area (Å²) in [6.45, 7) is 5.99. The van der Waals surface area contributed by atoms with Gasteiger partial charge >= 0.3 is 0 Å². The minimum atomic E-state index is -3.86. The van der Waals surface area contributed by atoms with Crippen LogP contribution >= 0.6 is 0 Å². The molecule has 144 valence electrons. The van der Waals surface area contributed by atoms with Crippen molar-refractivity contribution in [2.45, 2.75) is 31.1 Å².